The molecule has 0 unspecified atom stereocenters. The van der Waals surface area contributed by atoms with Gasteiger partial charge in [0.2, 0.25) is 10.0 Å². The first-order valence-corrected chi connectivity index (χ1v) is 8.93. The number of benzene rings is 1. The maximum Gasteiger partial charge on any atom is 0.321 e. The van der Waals surface area contributed by atoms with Crippen LogP contribution in [0.3, 0.4) is 0 Å². The van der Waals surface area contributed by atoms with Crippen molar-refractivity contribution in [2.24, 2.45) is 5.92 Å². The number of aromatic nitrogens is 3. The Morgan fingerprint density at radius 3 is 2.62 bits per heavy atom. The van der Waals surface area contributed by atoms with Crippen molar-refractivity contribution in [3.8, 4) is 0 Å². The quantitative estimate of drug-likeness (QED) is 0.735. The molecule has 2 aromatic rings. The normalized spacial score (nSPS) is 13.1. The smallest absolute Gasteiger partial charge is 0.321 e. The molecule has 2 rings (SSSR count). The Bertz CT molecular complexity index is 788. The van der Waals surface area contributed by atoms with Gasteiger partial charge < -0.3 is 5.11 Å². The second kappa shape index (κ2) is 7.54. The van der Waals surface area contributed by atoms with Gasteiger partial charge in [-0.15, -0.1) is 0 Å². The van der Waals surface area contributed by atoms with E-state index in [0.717, 1.165) is 0 Å². The highest BCUT2D eigenvalue weighted by molar-refractivity contribution is 7.89. The van der Waals surface area contributed by atoms with Gasteiger partial charge in [0.1, 0.15) is 18.7 Å². The second-order valence-corrected chi connectivity index (χ2v) is 7.52. The number of aliphatic carboxylic acids is 1. The Morgan fingerprint density at radius 1 is 1.33 bits per heavy atom. The average molecular weight is 352 g/mol. The highest BCUT2D eigenvalue weighted by Crippen LogP contribution is 2.18. The highest BCUT2D eigenvalue weighted by Gasteiger charge is 2.27. The number of carboxylic acids is 1. The van der Waals surface area contributed by atoms with Crippen LogP contribution in [0.25, 0.3) is 0 Å². The lowest BCUT2D eigenvalue weighted by atomic mass is 10.1. The molecule has 0 aliphatic heterocycles. The summed E-state index contributed by atoms with van der Waals surface area (Å²) in [4.78, 5) is 15.2. The monoisotopic (exact) mass is 352 g/mol. The Balaban J connectivity index is 2.30. The number of sulfonamides is 1. The first-order chi connectivity index (χ1) is 11.3. The zero-order chi connectivity index (χ0) is 17.7. The van der Waals surface area contributed by atoms with Gasteiger partial charge in [0.25, 0.3) is 0 Å². The molecule has 0 radical (unpaired) electrons. The van der Waals surface area contributed by atoms with Crippen molar-refractivity contribution in [1.29, 1.82) is 0 Å². The highest BCUT2D eigenvalue weighted by atomic mass is 32.2. The molecule has 0 aliphatic carbocycles. The van der Waals surface area contributed by atoms with Gasteiger partial charge in [-0.05, 0) is 24.0 Å². The summed E-state index contributed by atoms with van der Waals surface area (Å²) in [5, 5.41) is 13.2. The van der Waals surface area contributed by atoms with E-state index in [2.05, 4.69) is 14.8 Å². The van der Waals surface area contributed by atoms with E-state index in [1.165, 1.54) is 23.4 Å². The summed E-state index contributed by atoms with van der Waals surface area (Å²) in [6.45, 7) is 3.89. The van der Waals surface area contributed by atoms with Crippen LogP contribution in [0.15, 0.2) is 41.8 Å². The van der Waals surface area contributed by atoms with Gasteiger partial charge in [-0.1, -0.05) is 32.0 Å². The van der Waals surface area contributed by atoms with Crippen LogP contribution < -0.4 is 4.72 Å². The van der Waals surface area contributed by atoms with Crippen LogP contribution in [0, 0.1) is 5.92 Å². The van der Waals surface area contributed by atoms with Crippen LogP contribution in [0.1, 0.15) is 25.8 Å². The minimum atomic E-state index is -3.98. The second-order valence-electron chi connectivity index (χ2n) is 5.84. The third-order valence-electron chi connectivity index (χ3n) is 3.36. The van der Waals surface area contributed by atoms with E-state index in [4.69, 9.17) is 0 Å². The van der Waals surface area contributed by atoms with Crippen molar-refractivity contribution >= 4 is 16.0 Å². The Hall–Kier alpha value is -2.26. The van der Waals surface area contributed by atoms with Crippen LogP contribution in [-0.4, -0.2) is 40.3 Å². The molecule has 1 aromatic heterocycles. The largest absolute Gasteiger partial charge is 0.480 e. The summed E-state index contributed by atoms with van der Waals surface area (Å²) in [7, 11) is -3.98. The fraction of sp³-hybridized carbons (Fsp3) is 0.400. The van der Waals surface area contributed by atoms with Gasteiger partial charge in [-0.2, -0.15) is 9.82 Å². The molecule has 0 amide bonds. The molecule has 2 N–H and O–H groups in total. The van der Waals surface area contributed by atoms with E-state index in [0.29, 0.717) is 5.56 Å². The zero-order valence-corrected chi connectivity index (χ0v) is 14.3. The van der Waals surface area contributed by atoms with Crippen LogP contribution in [0.5, 0.6) is 0 Å². The van der Waals surface area contributed by atoms with Crippen LogP contribution >= 0.6 is 0 Å². The van der Waals surface area contributed by atoms with Crippen LogP contribution in [-0.2, 0) is 21.4 Å². The SMILES string of the molecule is CC(C)C[C@@H](NS(=O)(=O)c1ccccc1Cn1cncn1)C(=O)O. The third kappa shape index (κ3) is 4.62. The summed E-state index contributed by atoms with van der Waals surface area (Å²) in [5.74, 6) is -1.15. The standard InChI is InChI=1S/C15H20N4O4S/c1-11(2)7-13(15(20)21)18-24(22,23)14-6-4-3-5-12(14)8-19-10-16-9-17-19/h3-6,9-11,13,18H,7-8H2,1-2H3,(H,20,21)/t13-/m1/s1. The molecule has 0 bridgehead atoms. The van der Waals surface area contributed by atoms with Crippen molar-refractivity contribution in [2.75, 3.05) is 0 Å². The number of carboxylic acid groups (broad SMARTS) is 1. The summed E-state index contributed by atoms with van der Waals surface area (Å²) in [6.07, 6.45) is 3.05. The van der Waals surface area contributed by atoms with Crippen molar-refractivity contribution in [1.82, 2.24) is 19.5 Å². The van der Waals surface area contributed by atoms with E-state index >= 15 is 0 Å². The molecule has 8 nitrogen and oxygen atoms in total. The Labute approximate surface area is 140 Å². The molecular formula is C15H20N4O4S. The van der Waals surface area contributed by atoms with E-state index in [1.807, 2.05) is 13.8 Å². The minimum absolute atomic E-state index is 0.0375. The van der Waals surface area contributed by atoms with Crippen molar-refractivity contribution in [3.63, 3.8) is 0 Å². The van der Waals surface area contributed by atoms with Gasteiger partial charge in [0, 0.05) is 0 Å². The van der Waals surface area contributed by atoms with E-state index in [1.54, 1.807) is 18.2 Å². The molecule has 1 atom stereocenters. The molecular weight excluding hydrogens is 332 g/mol. The lowest BCUT2D eigenvalue weighted by Gasteiger charge is -2.18. The van der Waals surface area contributed by atoms with Gasteiger partial charge in [-0.25, -0.2) is 18.1 Å². The molecule has 1 aromatic carbocycles. The summed E-state index contributed by atoms with van der Waals surface area (Å²) in [5.41, 5.74) is 0.504. The topological polar surface area (TPSA) is 114 Å². The number of hydrogen-bond donors (Lipinski definition) is 2. The molecule has 0 fully saturated rings. The number of hydrogen-bond acceptors (Lipinski definition) is 5. The number of carbonyl (C=O) groups is 1. The van der Waals surface area contributed by atoms with E-state index in [9.17, 15) is 18.3 Å². The lowest BCUT2D eigenvalue weighted by molar-refractivity contribution is -0.139. The first-order valence-electron chi connectivity index (χ1n) is 7.45. The molecule has 0 saturated carbocycles. The van der Waals surface area contributed by atoms with Gasteiger partial charge in [0.15, 0.2) is 0 Å². The van der Waals surface area contributed by atoms with Gasteiger partial charge >= 0.3 is 5.97 Å². The summed E-state index contributed by atoms with van der Waals surface area (Å²) >= 11 is 0. The number of nitrogens with one attached hydrogen (secondary N) is 1. The molecule has 0 saturated heterocycles. The minimum Gasteiger partial charge on any atom is -0.480 e. The maximum atomic E-state index is 12.7. The molecule has 9 heteroatoms. The predicted octanol–water partition coefficient (Wildman–Crippen LogP) is 1.10. The van der Waals surface area contributed by atoms with Crippen LogP contribution in [0.4, 0.5) is 0 Å². The first kappa shape index (κ1) is 18.1. The Morgan fingerprint density at radius 2 is 2.04 bits per heavy atom. The van der Waals surface area contributed by atoms with E-state index < -0.39 is 22.0 Å². The molecule has 0 aliphatic rings. The maximum absolute atomic E-state index is 12.7. The third-order valence-corrected chi connectivity index (χ3v) is 4.94. The average Bonchev–Trinajstić information content (AvgIpc) is 2.99. The summed E-state index contributed by atoms with van der Waals surface area (Å²) in [6, 6.07) is 5.25. The molecule has 130 valence electrons. The lowest BCUT2D eigenvalue weighted by Crippen LogP contribution is -2.41. The molecule has 0 spiro atoms. The zero-order valence-electron chi connectivity index (χ0n) is 13.5. The fourth-order valence-corrected chi connectivity index (χ4v) is 3.74. The van der Waals surface area contributed by atoms with Gasteiger partial charge in [-0.3, -0.25) is 4.79 Å². The van der Waals surface area contributed by atoms with Crippen molar-refractivity contribution in [3.05, 3.63) is 42.5 Å². The van der Waals surface area contributed by atoms with Gasteiger partial charge in [0.05, 0.1) is 11.4 Å². The summed E-state index contributed by atoms with van der Waals surface area (Å²) < 4.78 is 29.1. The number of nitrogens with zero attached hydrogens (tertiary/aromatic N) is 3. The molecule has 1 heterocycles. The number of rotatable bonds is 8. The predicted molar refractivity (Wildman–Crippen MR) is 86.8 cm³/mol. The fourth-order valence-electron chi connectivity index (χ4n) is 2.31. The van der Waals surface area contributed by atoms with Crippen molar-refractivity contribution < 1.29 is 18.3 Å². The van der Waals surface area contributed by atoms with Crippen LogP contribution in [0.2, 0.25) is 0 Å². The van der Waals surface area contributed by atoms with E-state index in [-0.39, 0.29) is 23.8 Å². The Kier molecular flexibility index (Phi) is 5.68. The van der Waals surface area contributed by atoms with Crippen molar-refractivity contribution in [2.45, 2.75) is 37.8 Å². The molecule has 24 heavy (non-hydrogen) atoms.